The normalized spacial score (nSPS) is 18.1. The van der Waals surface area contributed by atoms with Crippen molar-refractivity contribution >= 4 is 23.3 Å². The summed E-state index contributed by atoms with van der Waals surface area (Å²) >= 11 is 6.09. The summed E-state index contributed by atoms with van der Waals surface area (Å²) in [4.78, 5) is 17.6. The molecular weight excluding hydrogens is 388 g/mol. The predicted molar refractivity (Wildman–Crippen MR) is 111 cm³/mol. The second-order valence-electron chi connectivity index (χ2n) is 7.15. The topological polar surface area (TPSA) is 69.0 Å². The van der Waals surface area contributed by atoms with Crippen molar-refractivity contribution in [2.24, 2.45) is 0 Å². The first-order valence-corrected chi connectivity index (χ1v) is 9.92. The van der Waals surface area contributed by atoms with E-state index in [1.807, 2.05) is 48.5 Å². The van der Waals surface area contributed by atoms with Crippen LogP contribution in [0, 0.1) is 0 Å². The molecule has 5 rings (SSSR count). The summed E-state index contributed by atoms with van der Waals surface area (Å²) in [5.41, 5.74) is 3.46. The average molecular weight is 407 g/mol. The zero-order valence-corrected chi connectivity index (χ0v) is 16.6. The van der Waals surface area contributed by atoms with Gasteiger partial charge in [0.2, 0.25) is 5.95 Å². The minimum Gasteiger partial charge on any atom is -0.496 e. The highest BCUT2D eigenvalue weighted by Crippen LogP contribution is 2.41. The molecule has 1 N–H and O–H groups in total. The number of nitrogens with one attached hydrogen (secondary N) is 1. The Balaban J connectivity index is 1.68. The molecule has 1 aliphatic carbocycles. The number of halogens is 1. The highest BCUT2D eigenvalue weighted by Gasteiger charge is 2.37. The van der Waals surface area contributed by atoms with E-state index in [0.717, 1.165) is 35.2 Å². The number of rotatable bonds is 3. The molecule has 2 aromatic carbocycles. The second kappa shape index (κ2) is 7.04. The van der Waals surface area contributed by atoms with Gasteiger partial charge in [0.1, 0.15) is 11.8 Å². The van der Waals surface area contributed by atoms with E-state index in [9.17, 15) is 4.79 Å². The summed E-state index contributed by atoms with van der Waals surface area (Å²) in [5, 5.41) is 8.78. The van der Waals surface area contributed by atoms with Gasteiger partial charge in [0.25, 0.3) is 0 Å². The third-order valence-corrected chi connectivity index (χ3v) is 5.65. The van der Waals surface area contributed by atoms with Crippen molar-refractivity contribution < 1.29 is 9.53 Å². The molecule has 146 valence electrons. The van der Waals surface area contributed by atoms with E-state index in [2.05, 4.69) is 5.32 Å². The van der Waals surface area contributed by atoms with Gasteiger partial charge in [0.05, 0.1) is 12.7 Å². The Morgan fingerprint density at radius 3 is 2.72 bits per heavy atom. The Labute approximate surface area is 173 Å². The van der Waals surface area contributed by atoms with Crippen LogP contribution in [0.15, 0.2) is 59.8 Å². The van der Waals surface area contributed by atoms with Crippen LogP contribution in [-0.4, -0.2) is 27.7 Å². The van der Waals surface area contributed by atoms with Gasteiger partial charge in [-0.1, -0.05) is 35.9 Å². The number of fused-ring (bicyclic) bond motifs is 1. The third kappa shape index (κ3) is 3.00. The molecule has 7 heteroatoms. The molecule has 0 amide bonds. The van der Waals surface area contributed by atoms with Crippen LogP contribution in [0.2, 0.25) is 5.02 Å². The van der Waals surface area contributed by atoms with Crippen molar-refractivity contribution in [1.82, 2.24) is 14.8 Å². The van der Waals surface area contributed by atoms with E-state index in [1.165, 1.54) is 0 Å². The number of nitrogens with zero attached hydrogens (tertiary/aromatic N) is 3. The number of aromatic nitrogens is 3. The number of methoxy groups -OCH3 is 1. The summed E-state index contributed by atoms with van der Waals surface area (Å²) < 4.78 is 7.28. The second-order valence-corrected chi connectivity index (χ2v) is 7.59. The molecule has 2 heterocycles. The van der Waals surface area contributed by atoms with Crippen LogP contribution in [0.3, 0.4) is 0 Å². The Bertz CT molecular complexity index is 1130. The Hall–Kier alpha value is -3.12. The molecule has 1 aliphatic heterocycles. The minimum atomic E-state index is -0.331. The molecule has 0 radical (unpaired) electrons. The zero-order valence-electron chi connectivity index (χ0n) is 15.9. The lowest BCUT2D eigenvalue weighted by Crippen LogP contribution is -2.31. The summed E-state index contributed by atoms with van der Waals surface area (Å²) in [6.45, 7) is 0. The largest absolute Gasteiger partial charge is 0.496 e. The van der Waals surface area contributed by atoms with Crippen molar-refractivity contribution in [2.75, 3.05) is 12.4 Å². The summed E-state index contributed by atoms with van der Waals surface area (Å²) in [5.74, 6) is 2.03. The zero-order chi connectivity index (χ0) is 20.0. The SMILES string of the molecule is COc1ccccc1-c1nc2n(n1)[C@H](c1ccc(Cl)cc1)C1=C(CCCC1=O)N2. The molecule has 0 spiro atoms. The standard InChI is InChI=1S/C22H19ClN4O2/c1-29-18-8-3-2-5-15(18)21-25-22-24-16-6-4-7-17(28)19(16)20(27(22)26-21)13-9-11-14(23)12-10-13/h2-3,5,8-12,20H,4,6-7H2,1H3,(H,24,25,26)/t20-/m1/s1. The predicted octanol–water partition coefficient (Wildman–Crippen LogP) is 4.63. The van der Waals surface area contributed by atoms with Gasteiger partial charge < -0.3 is 10.1 Å². The van der Waals surface area contributed by atoms with Crippen LogP contribution < -0.4 is 10.1 Å². The fourth-order valence-corrected chi connectivity index (χ4v) is 4.18. The lowest BCUT2D eigenvalue weighted by atomic mass is 9.85. The van der Waals surface area contributed by atoms with E-state index in [0.29, 0.717) is 29.0 Å². The molecule has 0 saturated heterocycles. The van der Waals surface area contributed by atoms with Crippen LogP contribution in [-0.2, 0) is 4.79 Å². The number of hydrogen-bond donors (Lipinski definition) is 1. The highest BCUT2D eigenvalue weighted by molar-refractivity contribution is 6.30. The Morgan fingerprint density at radius 2 is 1.93 bits per heavy atom. The van der Waals surface area contributed by atoms with Crippen LogP contribution in [0.5, 0.6) is 5.75 Å². The van der Waals surface area contributed by atoms with Gasteiger partial charge in [-0.25, -0.2) is 4.68 Å². The number of anilines is 1. The van der Waals surface area contributed by atoms with Gasteiger partial charge >= 0.3 is 0 Å². The number of ketones is 1. The molecule has 6 nitrogen and oxygen atoms in total. The van der Waals surface area contributed by atoms with E-state index in [-0.39, 0.29) is 11.8 Å². The van der Waals surface area contributed by atoms with E-state index >= 15 is 0 Å². The number of Topliss-reactive ketones (excluding diaryl/α,β-unsaturated/α-hetero) is 1. The monoisotopic (exact) mass is 406 g/mol. The maximum atomic E-state index is 12.9. The van der Waals surface area contributed by atoms with Gasteiger partial charge in [-0.15, -0.1) is 5.10 Å². The highest BCUT2D eigenvalue weighted by atomic mass is 35.5. The summed E-state index contributed by atoms with van der Waals surface area (Å²) in [7, 11) is 1.63. The first-order chi connectivity index (χ1) is 14.2. The number of carbonyl (C=O) groups excluding carboxylic acids is 1. The third-order valence-electron chi connectivity index (χ3n) is 5.40. The molecular formula is C22H19ClN4O2. The van der Waals surface area contributed by atoms with Gasteiger partial charge in [-0.05, 0) is 42.7 Å². The van der Waals surface area contributed by atoms with E-state index in [1.54, 1.807) is 11.8 Å². The Morgan fingerprint density at radius 1 is 1.14 bits per heavy atom. The fraction of sp³-hybridized carbons (Fsp3) is 0.227. The summed E-state index contributed by atoms with van der Waals surface area (Å²) in [6.07, 6.45) is 2.21. The molecule has 1 aromatic heterocycles. The molecule has 0 fully saturated rings. The Kier molecular flexibility index (Phi) is 4.36. The van der Waals surface area contributed by atoms with E-state index in [4.69, 9.17) is 26.4 Å². The van der Waals surface area contributed by atoms with Crippen molar-refractivity contribution in [3.63, 3.8) is 0 Å². The quantitative estimate of drug-likeness (QED) is 0.686. The smallest absolute Gasteiger partial charge is 0.226 e. The number of hydrogen-bond acceptors (Lipinski definition) is 5. The van der Waals surface area contributed by atoms with Crippen LogP contribution in [0.25, 0.3) is 11.4 Å². The van der Waals surface area contributed by atoms with Gasteiger partial charge in [0, 0.05) is 22.7 Å². The van der Waals surface area contributed by atoms with Crippen molar-refractivity contribution in [3.8, 4) is 17.1 Å². The molecule has 0 saturated carbocycles. The molecule has 3 aromatic rings. The van der Waals surface area contributed by atoms with E-state index < -0.39 is 0 Å². The fourth-order valence-electron chi connectivity index (χ4n) is 4.05. The first kappa shape index (κ1) is 17.9. The number of ether oxygens (including phenoxy) is 1. The van der Waals surface area contributed by atoms with Crippen molar-refractivity contribution in [1.29, 1.82) is 0 Å². The molecule has 2 aliphatic rings. The van der Waals surface area contributed by atoms with Gasteiger partial charge in [-0.3, -0.25) is 4.79 Å². The number of allylic oxidation sites excluding steroid dienone is 2. The number of carbonyl (C=O) groups is 1. The van der Waals surface area contributed by atoms with Crippen LogP contribution in [0.4, 0.5) is 5.95 Å². The first-order valence-electron chi connectivity index (χ1n) is 9.54. The molecule has 0 bridgehead atoms. The number of para-hydroxylation sites is 1. The number of benzene rings is 2. The molecule has 1 atom stereocenters. The summed E-state index contributed by atoms with van der Waals surface area (Å²) in [6, 6.07) is 14.9. The van der Waals surface area contributed by atoms with Crippen LogP contribution >= 0.6 is 11.6 Å². The maximum absolute atomic E-state index is 12.9. The van der Waals surface area contributed by atoms with Crippen molar-refractivity contribution in [3.05, 3.63) is 70.4 Å². The molecule has 29 heavy (non-hydrogen) atoms. The van der Waals surface area contributed by atoms with Crippen LogP contribution in [0.1, 0.15) is 30.9 Å². The maximum Gasteiger partial charge on any atom is 0.226 e. The average Bonchev–Trinajstić information content (AvgIpc) is 3.16. The molecule has 0 unspecified atom stereocenters. The lowest BCUT2D eigenvalue weighted by molar-refractivity contribution is -0.116. The minimum absolute atomic E-state index is 0.152. The van der Waals surface area contributed by atoms with Crippen molar-refractivity contribution in [2.45, 2.75) is 25.3 Å². The lowest BCUT2D eigenvalue weighted by Gasteiger charge is -2.32. The van der Waals surface area contributed by atoms with Gasteiger partial charge in [0.15, 0.2) is 11.6 Å². The van der Waals surface area contributed by atoms with Gasteiger partial charge in [-0.2, -0.15) is 4.98 Å².